The van der Waals surface area contributed by atoms with E-state index in [4.69, 9.17) is 9.47 Å². The molecule has 0 unspecified atom stereocenters. The highest BCUT2D eigenvalue weighted by molar-refractivity contribution is 5.97. The van der Waals surface area contributed by atoms with Crippen molar-refractivity contribution < 1.29 is 14.3 Å². The highest BCUT2D eigenvalue weighted by Crippen LogP contribution is 2.23. The monoisotopic (exact) mass is 289 g/mol. The summed E-state index contributed by atoms with van der Waals surface area (Å²) in [6, 6.07) is 5.13. The second-order valence-electron chi connectivity index (χ2n) is 4.60. The van der Waals surface area contributed by atoms with Crippen LogP contribution in [0.3, 0.4) is 0 Å². The number of aromatic nitrogens is 3. The zero-order valence-corrected chi connectivity index (χ0v) is 12.5. The van der Waals surface area contributed by atoms with Gasteiger partial charge in [-0.25, -0.2) is 9.67 Å². The summed E-state index contributed by atoms with van der Waals surface area (Å²) in [6.45, 7) is 2.81. The first kappa shape index (κ1) is 15.0. The maximum atomic E-state index is 12.4. The molecule has 0 atom stereocenters. The molecule has 6 heteroatoms. The van der Waals surface area contributed by atoms with Gasteiger partial charge in [0, 0.05) is 18.2 Å². The molecule has 0 aliphatic heterocycles. The lowest BCUT2D eigenvalue weighted by molar-refractivity contribution is 0.0988. The minimum atomic E-state index is -0.0439. The van der Waals surface area contributed by atoms with Crippen LogP contribution in [-0.4, -0.2) is 34.8 Å². The second kappa shape index (κ2) is 6.88. The van der Waals surface area contributed by atoms with Crippen LogP contribution in [0.5, 0.6) is 11.5 Å². The van der Waals surface area contributed by atoms with Gasteiger partial charge < -0.3 is 9.47 Å². The van der Waals surface area contributed by atoms with E-state index in [0.29, 0.717) is 22.9 Å². The first-order valence-corrected chi connectivity index (χ1v) is 6.80. The molecular formula is C15H19N3O3. The Morgan fingerprint density at radius 1 is 1.19 bits per heavy atom. The average Bonchev–Trinajstić information content (AvgIpc) is 2.94. The predicted molar refractivity (Wildman–Crippen MR) is 77.9 cm³/mol. The topological polar surface area (TPSA) is 66.2 Å². The van der Waals surface area contributed by atoms with Crippen molar-refractivity contribution in [2.75, 3.05) is 14.2 Å². The Bertz CT molecular complexity index is 600. The Hall–Kier alpha value is -2.37. The molecule has 1 heterocycles. The van der Waals surface area contributed by atoms with Crippen molar-refractivity contribution in [2.24, 2.45) is 0 Å². The Balaban J connectivity index is 2.21. The number of ketones is 1. The number of Topliss-reactive ketones (excluding diaryl/α,β-unsaturated/α-hetero) is 1. The molecule has 112 valence electrons. The number of nitrogens with zero attached hydrogens (tertiary/aromatic N) is 3. The molecule has 1 aromatic heterocycles. The maximum Gasteiger partial charge on any atom is 0.170 e. The fourth-order valence-corrected chi connectivity index (χ4v) is 2.04. The van der Waals surface area contributed by atoms with Gasteiger partial charge in [-0.05, 0) is 18.6 Å². The third kappa shape index (κ3) is 3.59. The van der Waals surface area contributed by atoms with Crippen LogP contribution in [0, 0.1) is 0 Å². The van der Waals surface area contributed by atoms with Gasteiger partial charge in [-0.15, -0.1) is 0 Å². The van der Waals surface area contributed by atoms with Crippen molar-refractivity contribution >= 4 is 5.78 Å². The fraction of sp³-hybridized carbons (Fsp3) is 0.400. The third-order valence-electron chi connectivity index (χ3n) is 3.12. The molecule has 0 bridgehead atoms. The zero-order chi connectivity index (χ0) is 15.2. The van der Waals surface area contributed by atoms with Crippen molar-refractivity contribution in [3.05, 3.63) is 35.9 Å². The molecule has 0 aliphatic carbocycles. The van der Waals surface area contributed by atoms with Crippen LogP contribution in [0.25, 0.3) is 0 Å². The fourth-order valence-electron chi connectivity index (χ4n) is 2.04. The van der Waals surface area contributed by atoms with Crippen molar-refractivity contribution in [1.82, 2.24) is 14.8 Å². The molecule has 2 rings (SSSR count). The Labute approximate surface area is 123 Å². The molecule has 2 aromatic rings. The summed E-state index contributed by atoms with van der Waals surface area (Å²) < 4.78 is 12.1. The summed E-state index contributed by atoms with van der Waals surface area (Å²) in [7, 11) is 3.11. The van der Waals surface area contributed by atoms with E-state index in [9.17, 15) is 4.79 Å². The zero-order valence-electron chi connectivity index (χ0n) is 12.5. The number of ether oxygens (including phenoxy) is 2. The first-order valence-electron chi connectivity index (χ1n) is 6.80. The van der Waals surface area contributed by atoms with Gasteiger partial charge >= 0.3 is 0 Å². The highest BCUT2D eigenvalue weighted by Gasteiger charge is 2.14. The molecular weight excluding hydrogens is 270 g/mol. The summed E-state index contributed by atoms with van der Waals surface area (Å²) >= 11 is 0. The molecule has 0 saturated heterocycles. The minimum absolute atomic E-state index is 0.0439. The number of carbonyl (C=O) groups excluding carboxylic acids is 1. The number of rotatable bonds is 7. The SMILES string of the molecule is CCCn1ncnc1CC(=O)c1cc(OC)cc(OC)c1. The summed E-state index contributed by atoms with van der Waals surface area (Å²) in [6.07, 6.45) is 2.62. The van der Waals surface area contributed by atoms with Gasteiger partial charge in [0.25, 0.3) is 0 Å². The lowest BCUT2D eigenvalue weighted by atomic mass is 10.1. The molecule has 21 heavy (non-hydrogen) atoms. The van der Waals surface area contributed by atoms with Crippen LogP contribution in [0.1, 0.15) is 29.5 Å². The molecule has 0 N–H and O–H groups in total. The molecule has 0 spiro atoms. The number of hydrogen-bond acceptors (Lipinski definition) is 5. The number of aryl methyl sites for hydroxylation is 1. The minimum Gasteiger partial charge on any atom is -0.497 e. The van der Waals surface area contributed by atoms with E-state index in [0.717, 1.165) is 13.0 Å². The van der Waals surface area contributed by atoms with Crippen LogP contribution < -0.4 is 9.47 Å². The first-order chi connectivity index (χ1) is 10.2. The second-order valence-corrected chi connectivity index (χ2v) is 4.60. The van der Waals surface area contributed by atoms with Crippen LogP contribution >= 0.6 is 0 Å². The van der Waals surface area contributed by atoms with Gasteiger partial charge in [0.2, 0.25) is 0 Å². The van der Waals surface area contributed by atoms with E-state index in [1.165, 1.54) is 6.33 Å². The van der Waals surface area contributed by atoms with Gasteiger partial charge in [0.05, 0.1) is 20.6 Å². The van der Waals surface area contributed by atoms with Crippen LogP contribution in [-0.2, 0) is 13.0 Å². The summed E-state index contributed by atoms with van der Waals surface area (Å²) in [5.41, 5.74) is 0.539. The van der Waals surface area contributed by atoms with E-state index in [2.05, 4.69) is 17.0 Å². The largest absolute Gasteiger partial charge is 0.497 e. The van der Waals surface area contributed by atoms with Gasteiger partial charge in [-0.1, -0.05) is 6.92 Å². The molecule has 1 aromatic carbocycles. The Morgan fingerprint density at radius 2 is 1.86 bits per heavy atom. The van der Waals surface area contributed by atoms with E-state index in [1.807, 2.05) is 0 Å². The summed E-state index contributed by atoms with van der Waals surface area (Å²) in [5, 5.41) is 4.12. The van der Waals surface area contributed by atoms with Gasteiger partial charge in [0.1, 0.15) is 23.7 Å². The van der Waals surface area contributed by atoms with Gasteiger partial charge in [-0.2, -0.15) is 5.10 Å². The Kier molecular flexibility index (Phi) is 4.92. The van der Waals surface area contributed by atoms with E-state index < -0.39 is 0 Å². The van der Waals surface area contributed by atoms with Crippen LogP contribution in [0.15, 0.2) is 24.5 Å². The molecule has 0 aliphatic rings. The third-order valence-corrected chi connectivity index (χ3v) is 3.12. The molecule has 0 radical (unpaired) electrons. The molecule has 0 fully saturated rings. The van der Waals surface area contributed by atoms with Gasteiger partial charge in [0.15, 0.2) is 5.78 Å². The predicted octanol–water partition coefficient (Wildman–Crippen LogP) is 2.13. The van der Waals surface area contributed by atoms with E-state index in [1.54, 1.807) is 37.1 Å². The maximum absolute atomic E-state index is 12.4. The van der Waals surface area contributed by atoms with E-state index in [-0.39, 0.29) is 12.2 Å². The van der Waals surface area contributed by atoms with Crippen molar-refractivity contribution in [3.63, 3.8) is 0 Å². The summed E-state index contributed by atoms with van der Waals surface area (Å²) in [5.74, 6) is 1.81. The highest BCUT2D eigenvalue weighted by atomic mass is 16.5. The number of hydrogen-bond donors (Lipinski definition) is 0. The standard InChI is InChI=1S/C15H19N3O3/c1-4-5-18-15(16-10-17-18)9-14(19)11-6-12(20-2)8-13(7-11)21-3/h6-8,10H,4-5,9H2,1-3H3. The molecule has 6 nitrogen and oxygen atoms in total. The quantitative estimate of drug-likeness (QED) is 0.730. The lowest BCUT2D eigenvalue weighted by Crippen LogP contribution is -2.11. The number of methoxy groups -OCH3 is 2. The smallest absolute Gasteiger partial charge is 0.170 e. The van der Waals surface area contributed by atoms with Gasteiger partial charge in [-0.3, -0.25) is 4.79 Å². The van der Waals surface area contributed by atoms with Crippen molar-refractivity contribution in [2.45, 2.75) is 26.3 Å². The molecule has 0 saturated carbocycles. The number of carbonyl (C=O) groups is 1. The van der Waals surface area contributed by atoms with Crippen molar-refractivity contribution in [3.8, 4) is 11.5 Å². The normalized spacial score (nSPS) is 10.4. The average molecular weight is 289 g/mol. The Morgan fingerprint density at radius 3 is 2.43 bits per heavy atom. The van der Waals surface area contributed by atoms with Crippen LogP contribution in [0.4, 0.5) is 0 Å². The number of benzene rings is 1. The van der Waals surface area contributed by atoms with Crippen molar-refractivity contribution in [1.29, 1.82) is 0 Å². The lowest BCUT2D eigenvalue weighted by Gasteiger charge is -2.08. The molecule has 0 amide bonds. The van der Waals surface area contributed by atoms with E-state index >= 15 is 0 Å². The van der Waals surface area contributed by atoms with Crippen LogP contribution in [0.2, 0.25) is 0 Å². The summed E-state index contributed by atoms with van der Waals surface area (Å²) in [4.78, 5) is 16.6.